The zero-order valence-corrected chi connectivity index (χ0v) is 19.7. The molecule has 3 N–H and O–H groups in total. The molecule has 4 rings (SSSR count). The van der Waals surface area contributed by atoms with Crippen molar-refractivity contribution in [2.45, 2.75) is 70.6 Å². The number of hydrogen-bond acceptors (Lipinski definition) is 4. The van der Waals surface area contributed by atoms with Gasteiger partial charge in [-0.25, -0.2) is 0 Å². The normalized spacial score (nSPS) is 21.0. The van der Waals surface area contributed by atoms with Crippen molar-refractivity contribution in [2.75, 3.05) is 19.6 Å². The average molecular weight is 452 g/mol. The first-order valence-electron chi connectivity index (χ1n) is 12.4. The highest BCUT2D eigenvalue weighted by molar-refractivity contribution is 5.94. The fraction of sp³-hybridized carbons (Fsp3) is 0.556. The van der Waals surface area contributed by atoms with Gasteiger partial charge in [0.25, 0.3) is 5.91 Å². The summed E-state index contributed by atoms with van der Waals surface area (Å²) in [5.74, 6) is 0.625. The Labute approximate surface area is 197 Å². The van der Waals surface area contributed by atoms with Crippen LogP contribution in [0.3, 0.4) is 0 Å². The third-order valence-electron chi connectivity index (χ3n) is 7.22. The van der Waals surface area contributed by atoms with Gasteiger partial charge in [0.05, 0.1) is 6.10 Å². The van der Waals surface area contributed by atoms with Crippen LogP contribution in [0.25, 0.3) is 0 Å². The van der Waals surface area contributed by atoms with Crippen LogP contribution in [0.1, 0.15) is 66.9 Å². The molecule has 2 unspecified atom stereocenters. The van der Waals surface area contributed by atoms with E-state index >= 15 is 0 Å². The molecule has 33 heavy (non-hydrogen) atoms. The van der Waals surface area contributed by atoms with Crippen LogP contribution < -0.4 is 10.6 Å². The molecule has 1 aromatic rings. The molecule has 0 spiro atoms. The van der Waals surface area contributed by atoms with Crippen molar-refractivity contribution in [2.24, 2.45) is 5.92 Å². The number of allylic oxidation sites excluding steroid dienone is 1. The highest BCUT2D eigenvalue weighted by Gasteiger charge is 2.29. The Morgan fingerprint density at radius 2 is 2.06 bits per heavy atom. The summed E-state index contributed by atoms with van der Waals surface area (Å²) in [6.45, 7) is 8.04. The number of hydrogen-bond donors (Lipinski definition) is 3. The van der Waals surface area contributed by atoms with Crippen LogP contribution in [0.2, 0.25) is 0 Å². The molecular weight excluding hydrogens is 414 g/mol. The lowest BCUT2D eigenvalue weighted by Gasteiger charge is -2.29. The van der Waals surface area contributed by atoms with Crippen molar-refractivity contribution in [3.05, 3.63) is 58.7 Å². The summed E-state index contributed by atoms with van der Waals surface area (Å²) in [5.41, 5.74) is 5.60. The molecule has 2 atom stereocenters. The molecule has 6 nitrogen and oxygen atoms in total. The lowest BCUT2D eigenvalue weighted by atomic mass is 9.96. The minimum Gasteiger partial charge on any atom is -0.390 e. The molecule has 2 aliphatic carbocycles. The van der Waals surface area contributed by atoms with E-state index in [0.717, 1.165) is 37.8 Å². The second-order valence-electron chi connectivity index (χ2n) is 9.76. The number of carbonyl (C=O) groups is 2. The van der Waals surface area contributed by atoms with Crippen LogP contribution in [-0.2, 0) is 17.8 Å². The standard InChI is InChI=1S/C27H37N3O3/c1-3-19-13-24(14-20(19)4-2)28-15-25(31)16-29-27(33)22-8-7-21-9-10-30(17-23(21)12-22)26(32)11-18-5-6-18/h3,7-8,12,18,24-25,28,31H,1,4-6,9-11,13-17H2,2H3,(H,29,33). The molecule has 1 heterocycles. The number of benzene rings is 1. The zero-order valence-electron chi connectivity index (χ0n) is 19.7. The summed E-state index contributed by atoms with van der Waals surface area (Å²) in [4.78, 5) is 27.1. The Morgan fingerprint density at radius 1 is 1.24 bits per heavy atom. The number of aliphatic hydroxyl groups excluding tert-OH is 1. The van der Waals surface area contributed by atoms with Gasteiger partial charge in [-0.2, -0.15) is 0 Å². The first kappa shape index (κ1) is 23.7. The van der Waals surface area contributed by atoms with Crippen molar-refractivity contribution in [1.82, 2.24) is 15.5 Å². The van der Waals surface area contributed by atoms with E-state index in [-0.39, 0.29) is 18.4 Å². The highest BCUT2D eigenvalue weighted by atomic mass is 16.3. The average Bonchev–Trinajstić information content (AvgIpc) is 3.56. The molecule has 3 aliphatic rings. The van der Waals surface area contributed by atoms with Crippen LogP contribution in [0, 0.1) is 5.92 Å². The predicted molar refractivity (Wildman–Crippen MR) is 130 cm³/mol. The summed E-state index contributed by atoms with van der Waals surface area (Å²) in [6.07, 6.45) is 8.11. The van der Waals surface area contributed by atoms with Gasteiger partial charge < -0.3 is 20.6 Å². The lowest BCUT2D eigenvalue weighted by Crippen LogP contribution is -2.41. The van der Waals surface area contributed by atoms with Crippen LogP contribution in [0.4, 0.5) is 0 Å². The van der Waals surface area contributed by atoms with Gasteiger partial charge in [-0.3, -0.25) is 9.59 Å². The maximum Gasteiger partial charge on any atom is 0.251 e. The van der Waals surface area contributed by atoms with Crippen molar-refractivity contribution in [3.8, 4) is 0 Å². The van der Waals surface area contributed by atoms with Crippen LogP contribution >= 0.6 is 0 Å². The monoisotopic (exact) mass is 451 g/mol. The van der Waals surface area contributed by atoms with Gasteiger partial charge in [0.1, 0.15) is 0 Å². The number of nitrogens with one attached hydrogen (secondary N) is 2. The Balaban J connectivity index is 1.23. The molecule has 1 fully saturated rings. The van der Waals surface area contributed by atoms with E-state index in [1.54, 1.807) is 0 Å². The molecule has 2 amide bonds. The Morgan fingerprint density at radius 3 is 2.76 bits per heavy atom. The summed E-state index contributed by atoms with van der Waals surface area (Å²) < 4.78 is 0. The largest absolute Gasteiger partial charge is 0.390 e. The van der Waals surface area contributed by atoms with Gasteiger partial charge in [-0.1, -0.05) is 31.2 Å². The summed E-state index contributed by atoms with van der Waals surface area (Å²) >= 11 is 0. The van der Waals surface area contributed by atoms with Gasteiger partial charge >= 0.3 is 0 Å². The first-order valence-corrected chi connectivity index (χ1v) is 12.4. The van der Waals surface area contributed by atoms with Gasteiger partial charge in [-0.15, -0.1) is 0 Å². The predicted octanol–water partition coefficient (Wildman–Crippen LogP) is 3.11. The van der Waals surface area contributed by atoms with Crippen molar-refractivity contribution < 1.29 is 14.7 Å². The number of carbonyl (C=O) groups excluding carboxylic acids is 2. The van der Waals surface area contributed by atoms with E-state index < -0.39 is 6.10 Å². The van der Waals surface area contributed by atoms with Gasteiger partial charge in [-0.05, 0) is 73.3 Å². The molecule has 0 saturated heterocycles. The Bertz CT molecular complexity index is 935. The zero-order chi connectivity index (χ0) is 23.4. The third kappa shape index (κ3) is 6.12. The van der Waals surface area contributed by atoms with Crippen LogP contribution in [0.15, 0.2) is 42.0 Å². The number of fused-ring (bicyclic) bond motifs is 1. The smallest absolute Gasteiger partial charge is 0.251 e. The van der Waals surface area contributed by atoms with Crippen LogP contribution in [0.5, 0.6) is 0 Å². The van der Waals surface area contributed by atoms with Crippen molar-refractivity contribution in [1.29, 1.82) is 0 Å². The maximum atomic E-state index is 12.7. The molecule has 1 aliphatic heterocycles. The lowest BCUT2D eigenvalue weighted by molar-refractivity contribution is -0.132. The molecule has 0 radical (unpaired) electrons. The highest BCUT2D eigenvalue weighted by Crippen LogP contribution is 2.33. The van der Waals surface area contributed by atoms with Crippen molar-refractivity contribution >= 4 is 11.8 Å². The quantitative estimate of drug-likeness (QED) is 0.511. The molecule has 1 saturated carbocycles. The fourth-order valence-corrected chi connectivity index (χ4v) is 4.95. The summed E-state index contributed by atoms with van der Waals surface area (Å²) in [6, 6.07) is 6.07. The third-order valence-corrected chi connectivity index (χ3v) is 7.22. The molecule has 6 heteroatoms. The molecule has 178 valence electrons. The summed E-state index contributed by atoms with van der Waals surface area (Å²) in [5, 5.41) is 16.6. The molecule has 1 aromatic carbocycles. The Kier molecular flexibility index (Phi) is 7.66. The number of nitrogens with zero attached hydrogens (tertiary/aromatic N) is 1. The van der Waals surface area contributed by atoms with Gasteiger partial charge in [0.15, 0.2) is 0 Å². The maximum absolute atomic E-state index is 12.7. The second-order valence-corrected chi connectivity index (χ2v) is 9.76. The minimum atomic E-state index is -0.653. The van der Waals surface area contributed by atoms with Gasteiger partial charge in [0, 0.05) is 44.2 Å². The van der Waals surface area contributed by atoms with E-state index in [4.69, 9.17) is 0 Å². The number of aliphatic hydroxyl groups is 1. The van der Waals surface area contributed by atoms with Crippen molar-refractivity contribution in [3.63, 3.8) is 0 Å². The molecular formula is C27H37N3O3. The fourth-order valence-electron chi connectivity index (χ4n) is 4.95. The van der Waals surface area contributed by atoms with E-state index in [0.29, 0.717) is 37.0 Å². The van der Waals surface area contributed by atoms with Crippen LogP contribution in [-0.4, -0.2) is 53.6 Å². The molecule has 0 bridgehead atoms. The topological polar surface area (TPSA) is 81.7 Å². The van der Waals surface area contributed by atoms with E-state index in [2.05, 4.69) is 24.1 Å². The first-order chi connectivity index (χ1) is 16.0. The number of rotatable bonds is 10. The molecule has 0 aromatic heterocycles. The van der Waals surface area contributed by atoms with Gasteiger partial charge in [0.2, 0.25) is 5.91 Å². The number of amides is 2. The summed E-state index contributed by atoms with van der Waals surface area (Å²) in [7, 11) is 0. The Hall–Kier alpha value is -2.44. The second kappa shape index (κ2) is 10.7. The van der Waals surface area contributed by atoms with E-state index in [9.17, 15) is 14.7 Å². The van der Waals surface area contributed by atoms with E-state index in [1.165, 1.54) is 29.6 Å². The minimum absolute atomic E-state index is 0.192. The van der Waals surface area contributed by atoms with E-state index in [1.807, 2.05) is 29.2 Å². The SMILES string of the molecule is C=CC1=C(CC)CC(NCC(O)CNC(=O)c2ccc3c(c2)CN(C(=O)CC2CC2)CC3)C1.